The molecule has 0 aliphatic carbocycles. The van der Waals surface area contributed by atoms with Crippen molar-refractivity contribution in [3.8, 4) is 11.4 Å². The first-order chi connectivity index (χ1) is 10.7. The Balaban J connectivity index is 1.63. The SMILES string of the molecule is CN(Cc1ccco1)C(=O)Cn1nnc(-c2ccccc2)n1. The molecule has 22 heavy (non-hydrogen) atoms. The second-order valence-electron chi connectivity index (χ2n) is 4.84. The lowest BCUT2D eigenvalue weighted by Crippen LogP contribution is -2.30. The lowest BCUT2D eigenvalue weighted by Gasteiger charge is -2.14. The summed E-state index contributed by atoms with van der Waals surface area (Å²) in [4.78, 5) is 15.0. The molecule has 0 radical (unpaired) electrons. The van der Waals surface area contributed by atoms with Crippen molar-refractivity contribution in [2.24, 2.45) is 0 Å². The van der Waals surface area contributed by atoms with E-state index in [1.54, 1.807) is 24.3 Å². The summed E-state index contributed by atoms with van der Waals surface area (Å²) >= 11 is 0. The third kappa shape index (κ3) is 3.20. The van der Waals surface area contributed by atoms with Crippen LogP contribution in [0.1, 0.15) is 5.76 Å². The van der Waals surface area contributed by atoms with Gasteiger partial charge in [0.15, 0.2) is 0 Å². The number of benzene rings is 1. The maximum Gasteiger partial charge on any atom is 0.246 e. The summed E-state index contributed by atoms with van der Waals surface area (Å²) in [6, 6.07) is 13.1. The zero-order chi connectivity index (χ0) is 15.4. The number of tetrazole rings is 1. The third-order valence-corrected chi connectivity index (χ3v) is 3.16. The van der Waals surface area contributed by atoms with Crippen LogP contribution in [0.4, 0.5) is 0 Å². The smallest absolute Gasteiger partial charge is 0.246 e. The Bertz CT molecular complexity index is 736. The van der Waals surface area contributed by atoms with Crippen LogP contribution < -0.4 is 0 Å². The highest BCUT2D eigenvalue weighted by Crippen LogP contribution is 2.11. The molecule has 2 aromatic heterocycles. The van der Waals surface area contributed by atoms with E-state index < -0.39 is 0 Å². The highest BCUT2D eigenvalue weighted by Gasteiger charge is 2.14. The van der Waals surface area contributed by atoms with Crippen LogP contribution in [0, 0.1) is 0 Å². The van der Waals surface area contributed by atoms with E-state index in [0.29, 0.717) is 12.4 Å². The fraction of sp³-hybridized carbons (Fsp3) is 0.200. The quantitative estimate of drug-likeness (QED) is 0.714. The Labute approximate surface area is 127 Å². The number of hydrogen-bond donors (Lipinski definition) is 0. The van der Waals surface area contributed by atoms with E-state index in [1.165, 1.54) is 4.80 Å². The summed E-state index contributed by atoms with van der Waals surface area (Å²) in [5.74, 6) is 1.11. The predicted molar refractivity (Wildman–Crippen MR) is 78.4 cm³/mol. The average Bonchev–Trinajstić information content (AvgIpc) is 3.20. The lowest BCUT2D eigenvalue weighted by atomic mass is 10.2. The molecule has 0 saturated heterocycles. The van der Waals surface area contributed by atoms with Gasteiger partial charge in [0.2, 0.25) is 11.7 Å². The Kier molecular flexibility index (Phi) is 3.95. The van der Waals surface area contributed by atoms with E-state index in [9.17, 15) is 4.79 Å². The van der Waals surface area contributed by atoms with Crippen molar-refractivity contribution in [3.63, 3.8) is 0 Å². The number of carbonyl (C=O) groups is 1. The Hall–Kier alpha value is -2.96. The van der Waals surface area contributed by atoms with E-state index in [4.69, 9.17) is 4.42 Å². The minimum absolute atomic E-state index is 0.0387. The van der Waals surface area contributed by atoms with Crippen LogP contribution in [0.3, 0.4) is 0 Å². The van der Waals surface area contributed by atoms with Crippen molar-refractivity contribution < 1.29 is 9.21 Å². The Morgan fingerprint density at radius 1 is 1.23 bits per heavy atom. The van der Waals surface area contributed by atoms with E-state index in [0.717, 1.165) is 11.3 Å². The molecule has 112 valence electrons. The first-order valence-corrected chi connectivity index (χ1v) is 6.82. The molecule has 3 rings (SSSR count). The van der Waals surface area contributed by atoms with Crippen LogP contribution in [0.15, 0.2) is 53.1 Å². The van der Waals surface area contributed by atoms with Gasteiger partial charge in [0.05, 0.1) is 12.8 Å². The molecule has 7 nitrogen and oxygen atoms in total. The van der Waals surface area contributed by atoms with Crippen molar-refractivity contribution in [3.05, 3.63) is 54.5 Å². The topological polar surface area (TPSA) is 77.0 Å². The number of amides is 1. The summed E-state index contributed by atoms with van der Waals surface area (Å²) in [7, 11) is 1.71. The van der Waals surface area contributed by atoms with Crippen LogP contribution in [0.5, 0.6) is 0 Å². The average molecular weight is 297 g/mol. The first kappa shape index (κ1) is 14.0. The molecule has 3 aromatic rings. The summed E-state index contributed by atoms with van der Waals surface area (Å²) in [5.41, 5.74) is 0.866. The van der Waals surface area contributed by atoms with Gasteiger partial charge in [-0.1, -0.05) is 30.3 Å². The van der Waals surface area contributed by atoms with Crippen molar-refractivity contribution >= 4 is 5.91 Å². The van der Waals surface area contributed by atoms with Crippen LogP contribution >= 0.6 is 0 Å². The number of hydrogen-bond acceptors (Lipinski definition) is 5. The number of furan rings is 1. The van der Waals surface area contributed by atoms with Gasteiger partial charge in [-0.15, -0.1) is 10.2 Å². The van der Waals surface area contributed by atoms with E-state index in [-0.39, 0.29) is 12.5 Å². The largest absolute Gasteiger partial charge is 0.467 e. The molecular weight excluding hydrogens is 282 g/mol. The monoisotopic (exact) mass is 297 g/mol. The fourth-order valence-corrected chi connectivity index (χ4v) is 1.98. The summed E-state index contributed by atoms with van der Waals surface area (Å²) in [6.45, 7) is 0.448. The zero-order valence-electron chi connectivity index (χ0n) is 12.1. The first-order valence-electron chi connectivity index (χ1n) is 6.82. The van der Waals surface area contributed by atoms with Gasteiger partial charge in [0.25, 0.3) is 0 Å². The molecule has 0 aliphatic heterocycles. The van der Waals surface area contributed by atoms with E-state index in [2.05, 4.69) is 15.4 Å². The van der Waals surface area contributed by atoms with Crippen molar-refractivity contribution in [1.82, 2.24) is 25.1 Å². The van der Waals surface area contributed by atoms with Crippen molar-refractivity contribution in [2.45, 2.75) is 13.1 Å². The highest BCUT2D eigenvalue weighted by atomic mass is 16.3. The van der Waals surface area contributed by atoms with Gasteiger partial charge in [-0.05, 0) is 17.3 Å². The van der Waals surface area contributed by atoms with Crippen LogP contribution in [0.25, 0.3) is 11.4 Å². The second kappa shape index (κ2) is 6.21. The molecule has 2 heterocycles. The van der Waals surface area contributed by atoms with Gasteiger partial charge in [0, 0.05) is 12.6 Å². The molecule has 1 amide bonds. The van der Waals surface area contributed by atoms with Crippen molar-refractivity contribution in [2.75, 3.05) is 7.05 Å². The molecule has 7 heteroatoms. The van der Waals surface area contributed by atoms with E-state index >= 15 is 0 Å². The normalized spacial score (nSPS) is 10.6. The third-order valence-electron chi connectivity index (χ3n) is 3.16. The van der Waals surface area contributed by atoms with Crippen molar-refractivity contribution in [1.29, 1.82) is 0 Å². The van der Waals surface area contributed by atoms with Gasteiger partial charge in [0.1, 0.15) is 12.3 Å². The molecule has 1 aromatic carbocycles. The Morgan fingerprint density at radius 3 is 2.77 bits per heavy atom. The summed E-state index contributed by atoms with van der Waals surface area (Å²) in [6.07, 6.45) is 1.58. The van der Waals surface area contributed by atoms with Gasteiger partial charge in [-0.2, -0.15) is 4.80 Å². The summed E-state index contributed by atoms with van der Waals surface area (Å²) in [5, 5.41) is 12.1. The fourth-order valence-electron chi connectivity index (χ4n) is 1.98. The molecule has 0 unspecified atom stereocenters. The molecule has 0 bridgehead atoms. The molecule has 0 fully saturated rings. The van der Waals surface area contributed by atoms with Gasteiger partial charge < -0.3 is 9.32 Å². The maximum atomic E-state index is 12.1. The summed E-state index contributed by atoms with van der Waals surface area (Å²) < 4.78 is 5.22. The zero-order valence-corrected chi connectivity index (χ0v) is 12.1. The minimum Gasteiger partial charge on any atom is -0.467 e. The van der Waals surface area contributed by atoms with Gasteiger partial charge in [-0.25, -0.2) is 0 Å². The van der Waals surface area contributed by atoms with Gasteiger partial charge in [-0.3, -0.25) is 4.79 Å². The highest BCUT2D eigenvalue weighted by molar-refractivity contribution is 5.75. The predicted octanol–water partition coefficient (Wildman–Crippen LogP) is 1.59. The van der Waals surface area contributed by atoms with E-state index in [1.807, 2.05) is 36.4 Å². The number of likely N-dealkylation sites (N-methyl/N-ethyl adjacent to an activating group) is 1. The standard InChI is InChI=1S/C15H15N5O2/c1-19(10-13-8-5-9-22-13)14(21)11-20-17-15(16-18-20)12-6-3-2-4-7-12/h2-9H,10-11H2,1H3. The second-order valence-corrected chi connectivity index (χ2v) is 4.84. The molecule has 0 saturated carbocycles. The number of aromatic nitrogens is 4. The van der Waals surface area contributed by atoms with Crippen LogP contribution in [0.2, 0.25) is 0 Å². The molecule has 0 aliphatic rings. The number of carbonyl (C=O) groups excluding carboxylic acids is 1. The molecule has 0 spiro atoms. The molecular formula is C15H15N5O2. The van der Waals surface area contributed by atoms with Gasteiger partial charge >= 0.3 is 0 Å². The Morgan fingerprint density at radius 2 is 2.05 bits per heavy atom. The number of rotatable bonds is 5. The van der Waals surface area contributed by atoms with Crippen LogP contribution in [-0.2, 0) is 17.9 Å². The maximum absolute atomic E-state index is 12.1. The lowest BCUT2D eigenvalue weighted by molar-refractivity contribution is -0.131. The number of nitrogens with zero attached hydrogens (tertiary/aromatic N) is 5. The van der Waals surface area contributed by atoms with Crippen LogP contribution in [-0.4, -0.2) is 38.1 Å². The molecule has 0 atom stereocenters. The molecule has 0 N–H and O–H groups in total. The minimum atomic E-state index is -0.117.